The van der Waals surface area contributed by atoms with Crippen molar-refractivity contribution in [2.24, 2.45) is 5.92 Å². The summed E-state index contributed by atoms with van der Waals surface area (Å²) < 4.78 is 85.7. The van der Waals surface area contributed by atoms with Gasteiger partial charge in [-0.15, -0.1) is 0 Å². The fourth-order valence-corrected chi connectivity index (χ4v) is 5.10. The summed E-state index contributed by atoms with van der Waals surface area (Å²) in [6.07, 6.45) is 1.23. The summed E-state index contributed by atoms with van der Waals surface area (Å²) in [5.41, 5.74) is -5.45. The Morgan fingerprint density at radius 1 is 0.723 bits per heavy atom. The summed E-state index contributed by atoms with van der Waals surface area (Å²) in [7, 11) is 0. The molecule has 47 heavy (non-hydrogen) atoms. The van der Waals surface area contributed by atoms with E-state index in [1.54, 1.807) is 13.8 Å². The molecule has 1 aromatic rings. The van der Waals surface area contributed by atoms with Gasteiger partial charge in [0.05, 0.1) is 22.7 Å². The van der Waals surface area contributed by atoms with Crippen molar-refractivity contribution in [1.82, 2.24) is 10.6 Å². The Hall–Kier alpha value is -3.12. The first kappa shape index (κ1) is 41.9. The van der Waals surface area contributed by atoms with Crippen molar-refractivity contribution in [2.75, 3.05) is 6.61 Å². The van der Waals surface area contributed by atoms with Crippen LogP contribution in [-0.2, 0) is 31.5 Å². The summed E-state index contributed by atoms with van der Waals surface area (Å²) in [6.45, 7) is 6.30. The first-order chi connectivity index (χ1) is 22.0. The zero-order chi connectivity index (χ0) is 35.6. The fraction of sp³-hybridized carbons (Fsp3) is 0.706. The van der Waals surface area contributed by atoms with Gasteiger partial charge in [0.15, 0.2) is 12.4 Å². The minimum Gasteiger partial charge on any atom is -0.454 e. The van der Waals surface area contributed by atoms with Crippen molar-refractivity contribution in [3.63, 3.8) is 0 Å². The number of benzene rings is 1. The molecule has 0 fully saturated rings. The van der Waals surface area contributed by atoms with Crippen molar-refractivity contribution in [1.29, 1.82) is 0 Å². The molecule has 0 spiro atoms. The number of esters is 1. The second-order valence-electron chi connectivity index (χ2n) is 12.2. The first-order valence-corrected chi connectivity index (χ1v) is 16.6. The van der Waals surface area contributed by atoms with E-state index >= 15 is 0 Å². The predicted molar refractivity (Wildman–Crippen MR) is 166 cm³/mol. The molecule has 0 unspecified atom stereocenters. The van der Waals surface area contributed by atoms with Gasteiger partial charge in [0.2, 0.25) is 11.8 Å². The highest BCUT2D eigenvalue weighted by Gasteiger charge is 2.43. The highest BCUT2D eigenvalue weighted by Crippen LogP contribution is 2.39. The molecule has 1 aromatic carbocycles. The van der Waals surface area contributed by atoms with E-state index in [0.29, 0.717) is 37.5 Å². The Bertz CT molecular complexity index is 1100. The maximum Gasteiger partial charge on any atom is 0.417 e. The lowest BCUT2D eigenvalue weighted by Crippen LogP contribution is -2.54. The lowest BCUT2D eigenvalue weighted by atomic mass is 9.99. The molecule has 0 saturated carbocycles. The van der Waals surface area contributed by atoms with Crippen molar-refractivity contribution >= 4 is 23.6 Å². The molecular formula is C34H50F6N2O5. The molecule has 0 aromatic heterocycles. The van der Waals surface area contributed by atoms with Crippen molar-refractivity contribution < 1.29 is 50.3 Å². The van der Waals surface area contributed by atoms with Gasteiger partial charge in [-0.05, 0) is 30.9 Å². The second kappa shape index (κ2) is 21.0. The third kappa shape index (κ3) is 15.6. The van der Waals surface area contributed by atoms with E-state index in [9.17, 15) is 45.5 Å². The van der Waals surface area contributed by atoms with Gasteiger partial charge in [-0.25, -0.2) is 4.79 Å². The van der Waals surface area contributed by atoms with Crippen molar-refractivity contribution in [2.45, 2.75) is 142 Å². The monoisotopic (exact) mass is 680 g/mol. The molecule has 7 nitrogen and oxygen atoms in total. The number of unbranched alkanes of at least 4 members (excludes halogenated alkanes) is 10. The SMILES string of the molecule is CCCCCCCCCCCC(=O)N[C@H](C(=O)N[C@@H](CCCCC)C(=O)COC(=O)c1c(C(F)(F)F)cccc1C(F)(F)F)C(C)C. The number of Topliss-reactive ketones (excluding diaryl/α,β-unsaturated/α-hetero) is 1. The zero-order valence-electron chi connectivity index (χ0n) is 27.9. The minimum atomic E-state index is -5.31. The van der Waals surface area contributed by atoms with Gasteiger partial charge in [0.25, 0.3) is 0 Å². The Morgan fingerprint density at radius 3 is 1.70 bits per heavy atom. The molecular weight excluding hydrogens is 630 g/mol. The number of hydrogen-bond acceptors (Lipinski definition) is 5. The van der Waals surface area contributed by atoms with Crippen LogP contribution in [0.25, 0.3) is 0 Å². The van der Waals surface area contributed by atoms with Crippen LogP contribution < -0.4 is 10.6 Å². The van der Waals surface area contributed by atoms with Gasteiger partial charge >= 0.3 is 18.3 Å². The summed E-state index contributed by atoms with van der Waals surface area (Å²) in [4.78, 5) is 51.5. The normalized spacial score (nSPS) is 13.3. The number of nitrogens with one attached hydrogen (secondary N) is 2. The molecule has 0 radical (unpaired) electrons. The standard InChI is InChI=1S/C34H50F6N2O5/c1-5-7-9-10-11-12-13-14-16-21-28(44)42-30(23(3)4)31(45)41-26(20-15-8-6-2)27(43)22-47-32(46)29-24(33(35,36)37)18-17-19-25(29)34(38,39)40/h17-19,23,26,30H,5-16,20-22H2,1-4H3,(H,41,45)(H,42,44)/t26-,30-/m0/s1. The molecule has 0 heterocycles. The number of ether oxygens (including phenoxy) is 1. The highest BCUT2D eigenvalue weighted by atomic mass is 19.4. The van der Waals surface area contributed by atoms with E-state index in [1.807, 2.05) is 6.92 Å². The Kier molecular flexibility index (Phi) is 18.7. The maximum atomic E-state index is 13.5. The molecule has 0 aliphatic carbocycles. The quantitative estimate of drug-likeness (QED) is 0.0726. The third-order valence-electron chi connectivity index (χ3n) is 7.80. The molecule has 1 rings (SSSR count). The zero-order valence-corrected chi connectivity index (χ0v) is 27.9. The topological polar surface area (TPSA) is 102 Å². The van der Waals surface area contributed by atoms with Gasteiger partial charge in [-0.2, -0.15) is 26.3 Å². The number of hydrogen-bond donors (Lipinski definition) is 2. The van der Waals surface area contributed by atoms with Gasteiger partial charge in [-0.3, -0.25) is 14.4 Å². The average molecular weight is 681 g/mol. The molecule has 0 aliphatic rings. The number of amides is 2. The molecule has 0 bridgehead atoms. The van der Waals surface area contributed by atoms with Crippen molar-refractivity contribution in [3.05, 3.63) is 34.9 Å². The molecule has 268 valence electrons. The van der Waals surface area contributed by atoms with Crippen LogP contribution in [0.15, 0.2) is 18.2 Å². The molecule has 13 heteroatoms. The summed E-state index contributed by atoms with van der Waals surface area (Å²) in [5.74, 6) is -4.26. The van der Waals surface area contributed by atoms with E-state index < -0.39 is 65.4 Å². The van der Waals surface area contributed by atoms with E-state index in [4.69, 9.17) is 0 Å². The van der Waals surface area contributed by atoms with E-state index in [2.05, 4.69) is 22.3 Å². The van der Waals surface area contributed by atoms with Crippen LogP contribution in [0.5, 0.6) is 0 Å². The second-order valence-corrected chi connectivity index (χ2v) is 12.2. The highest BCUT2D eigenvalue weighted by molar-refractivity contribution is 5.97. The van der Waals surface area contributed by atoms with E-state index in [1.165, 1.54) is 25.7 Å². The molecule has 0 saturated heterocycles. The van der Waals surface area contributed by atoms with Crippen LogP contribution >= 0.6 is 0 Å². The predicted octanol–water partition coefficient (Wildman–Crippen LogP) is 8.58. The van der Waals surface area contributed by atoms with E-state index in [-0.39, 0.29) is 24.7 Å². The number of rotatable bonds is 22. The van der Waals surface area contributed by atoms with Crippen LogP contribution in [-0.4, -0.2) is 42.3 Å². The van der Waals surface area contributed by atoms with E-state index in [0.717, 1.165) is 32.1 Å². The van der Waals surface area contributed by atoms with Crippen LogP contribution in [0.4, 0.5) is 26.3 Å². The van der Waals surface area contributed by atoms with Crippen LogP contribution in [0, 0.1) is 5.92 Å². The largest absolute Gasteiger partial charge is 0.454 e. The Labute approximate surface area is 274 Å². The number of carbonyl (C=O) groups is 4. The number of alkyl halides is 6. The first-order valence-electron chi connectivity index (χ1n) is 16.6. The van der Waals surface area contributed by atoms with Crippen molar-refractivity contribution in [3.8, 4) is 0 Å². The number of carbonyl (C=O) groups excluding carboxylic acids is 4. The van der Waals surface area contributed by atoms with Crippen LogP contribution in [0.2, 0.25) is 0 Å². The Morgan fingerprint density at radius 2 is 1.21 bits per heavy atom. The fourth-order valence-electron chi connectivity index (χ4n) is 5.10. The van der Waals surface area contributed by atoms with Crippen LogP contribution in [0.1, 0.15) is 139 Å². The van der Waals surface area contributed by atoms with Gasteiger partial charge in [0.1, 0.15) is 6.04 Å². The number of ketones is 1. The lowest BCUT2D eigenvalue weighted by Gasteiger charge is -2.25. The summed E-state index contributed by atoms with van der Waals surface area (Å²) in [6, 6.07) is -1.10. The number of halogens is 6. The Balaban J connectivity index is 2.90. The molecule has 2 amide bonds. The molecule has 2 N–H and O–H groups in total. The molecule has 2 atom stereocenters. The third-order valence-corrected chi connectivity index (χ3v) is 7.80. The minimum absolute atomic E-state index is 0.0834. The molecule has 0 aliphatic heterocycles. The smallest absolute Gasteiger partial charge is 0.417 e. The lowest BCUT2D eigenvalue weighted by molar-refractivity contribution is -0.144. The summed E-state index contributed by atoms with van der Waals surface area (Å²) >= 11 is 0. The maximum absolute atomic E-state index is 13.5. The van der Waals surface area contributed by atoms with Gasteiger partial charge in [0, 0.05) is 6.42 Å². The van der Waals surface area contributed by atoms with Crippen LogP contribution in [0.3, 0.4) is 0 Å². The average Bonchev–Trinajstić information content (AvgIpc) is 2.99. The summed E-state index contributed by atoms with van der Waals surface area (Å²) in [5, 5.41) is 5.25. The van der Waals surface area contributed by atoms with Gasteiger partial charge in [-0.1, -0.05) is 104 Å². The van der Waals surface area contributed by atoms with Gasteiger partial charge < -0.3 is 15.4 Å².